The van der Waals surface area contributed by atoms with Crippen molar-refractivity contribution in [1.82, 2.24) is 5.32 Å². The first-order valence-electron chi connectivity index (χ1n) is 6.45. The van der Waals surface area contributed by atoms with E-state index in [-0.39, 0.29) is 23.3 Å². The lowest BCUT2D eigenvalue weighted by molar-refractivity contribution is -0.121. The average molecular weight is 261 g/mol. The van der Waals surface area contributed by atoms with Crippen molar-refractivity contribution in [3.05, 3.63) is 0 Å². The standard InChI is InChI=1S/C12H23NO3S/c1-3-12(14)11(13-4-2)9-10-5-7-17(15,16)8-6-10/h10-11,13H,3-9H2,1-2H3. The normalized spacial score (nSPS) is 22.2. The van der Waals surface area contributed by atoms with Crippen LogP contribution in [-0.2, 0) is 14.6 Å². The molecule has 0 aromatic rings. The van der Waals surface area contributed by atoms with Crippen LogP contribution in [0.5, 0.6) is 0 Å². The van der Waals surface area contributed by atoms with Gasteiger partial charge in [-0.15, -0.1) is 0 Å². The summed E-state index contributed by atoms with van der Waals surface area (Å²) in [7, 11) is -2.79. The highest BCUT2D eigenvalue weighted by Crippen LogP contribution is 2.23. The Morgan fingerprint density at radius 2 is 1.88 bits per heavy atom. The molecule has 0 amide bonds. The highest BCUT2D eigenvalue weighted by molar-refractivity contribution is 7.91. The molecule has 0 aromatic heterocycles. The summed E-state index contributed by atoms with van der Waals surface area (Å²) in [6.07, 6.45) is 2.75. The van der Waals surface area contributed by atoms with E-state index in [4.69, 9.17) is 0 Å². The van der Waals surface area contributed by atoms with E-state index in [2.05, 4.69) is 5.32 Å². The Labute approximate surface area is 104 Å². The van der Waals surface area contributed by atoms with Gasteiger partial charge in [0.25, 0.3) is 0 Å². The lowest BCUT2D eigenvalue weighted by Crippen LogP contribution is -2.39. The van der Waals surface area contributed by atoms with Crippen LogP contribution >= 0.6 is 0 Å². The van der Waals surface area contributed by atoms with Crippen LogP contribution in [0.2, 0.25) is 0 Å². The predicted octanol–water partition coefficient (Wildman–Crippen LogP) is 1.16. The second-order valence-electron chi connectivity index (χ2n) is 4.76. The number of ketones is 1. The maximum Gasteiger partial charge on any atom is 0.150 e. The summed E-state index contributed by atoms with van der Waals surface area (Å²) in [5, 5.41) is 3.20. The van der Waals surface area contributed by atoms with Crippen molar-refractivity contribution in [2.75, 3.05) is 18.1 Å². The fourth-order valence-electron chi connectivity index (χ4n) is 2.33. The number of carbonyl (C=O) groups is 1. The molecule has 1 N–H and O–H groups in total. The van der Waals surface area contributed by atoms with Crippen LogP contribution in [0, 0.1) is 5.92 Å². The molecule has 100 valence electrons. The van der Waals surface area contributed by atoms with Gasteiger partial charge in [0.05, 0.1) is 17.5 Å². The van der Waals surface area contributed by atoms with Crippen LogP contribution in [-0.4, -0.2) is 38.3 Å². The monoisotopic (exact) mass is 261 g/mol. The first-order chi connectivity index (χ1) is 7.98. The average Bonchev–Trinajstić information content (AvgIpc) is 2.30. The summed E-state index contributed by atoms with van der Waals surface area (Å²) in [6.45, 7) is 4.64. The number of carbonyl (C=O) groups excluding carboxylic acids is 1. The van der Waals surface area contributed by atoms with Crippen molar-refractivity contribution in [2.24, 2.45) is 5.92 Å². The molecule has 0 spiro atoms. The third kappa shape index (κ3) is 4.76. The molecule has 1 heterocycles. The summed E-state index contributed by atoms with van der Waals surface area (Å²) in [6, 6.07) is -0.0872. The number of hydrogen-bond acceptors (Lipinski definition) is 4. The smallest absolute Gasteiger partial charge is 0.150 e. The summed E-state index contributed by atoms with van der Waals surface area (Å²) in [4.78, 5) is 11.7. The van der Waals surface area contributed by atoms with Gasteiger partial charge >= 0.3 is 0 Å². The van der Waals surface area contributed by atoms with Crippen molar-refractivity contribution in [3.8, 4) is 0 Å². The number of nitrogens with one attached hydrogen (secondary N) is 1. The molecule has 1 atom stereocenters. The molecule has 0 bridgehead atoms. The van der Waals surface area contributed by atoms with E-state index in [1.807, 2.05) is 13.8 Å². The van der Waals surface area contributed by atoms with Gasteiger partial charge in [-0.2, -0.15) is 0 Å². The van der Waals surface area contributed by atoms with E-state index >= 15 is 0 Å². The van der Waals surface area contributed by atoms with Crippen LogP contribution in [0.15, 0.2) is 0 Å². The highest BCUT2D eigenvalue weighted by Gasteiger charge is 2.27. The molecule has 1 rings (SSSR count). The molecule has 1 fully saturated rings. The van der Waals surface area contributed by atoms with Gasteiger partial charge in [0, 0.05) is 6.42 Å². The molecule has 5 heteroatoms. The molecule has 4 nitrogen and oxygen atoms in total. The summed E-state index contributed by atoms with van der Waals surface area (Å²) in [5.74, 6) is 1.19. The van der Waals surface area contributed by atoms with E-state index in [1.54, 1.807) is 0 Å². The zero-order valence-electron chi connectivity index (χ0n) is 10.7. The molecule has 0 aliphatic carbocycles. The van der Waals surface area contributed by atoms with Gasteiger partial charge in [0.1, 0.15) is 15.6 Å². The van der Waals surface area contributed by atoms with Crippen molar-refractivity contribution < 1.29 is 13.2 Å². The Morgan fingerprint density at radius 1 is 1.29 bits per heavy atom. The first kappa shape index (κ1) is 14.6. The molecule has 1 saturated heterocycles. The zero-order valence-corrected chi connectivity index (χ0v) is 11.6. The Hall–Kier alpha value is -0.420. The Bertz CT molecular complexity index is 337. The molecule has 0 aromatic carbocycles. The van der Waals surface area contributed by atoms with Gasteiger partial charge in [-0.25, -0.2) is 8.42 Å². The molecular formula is C12H23NO3S. The predicted molar refractivity (Wildman–Crippen MR) is 68.8 cm³/mol. The first-order valence-corrected chi connectivity index (χ1v) is 8.27. The maximum atomic E-state index is 11.7. The van der Waals surface area contributed by atoms with E-state index in [0.29, 0.717) is 25.2 Å². The van der Waals surface area contributed by atoms with E-state index in [9.17, 15) is 13.2 Å². The van der Waals surface area contributed by atoms with Crippen molar-refractivity contribution in [3.63, 3.8) is 0 Å². The van der Waals surface area contributed by atoms with Gasteiger partial charge in [0.15, 0.2) is 0 Å². The van der Waals surface area contributed by atoms with E-state index in [0.717, 1.165) is 13.0 Å². The van der Waals surface area contributed by atoms with Crippen LogP contribution in [0.25, 0.3) is 0 Å². The number of Topliss-reactive ketones (excluding diaryl/α,β-unsaturated/α-hetero) is 1. The second kappa shape index (κ2) is 6.50. The maximum absolute atomic E-state index is 11.7. The van der Waals surface area contributed by atoms with Crippen molar-refractivity contribution >= 4 is 15.6 Å². The molecule has 17 heavy (non-hydrogen) atoms. The quantitative estimate of drug-likeness (QED) is 0.779. The summed E-state index contributed by atoms with van der Waals surface area (Å²) < 4.78 is 22.6. The minimum absolute atomic E-state index is 0.0872. The van der Waals surface area contributed by atoms with Gasteiger partial charge in [-0.3, -0.25) is 4.79 Å². The van der Waals surface area contributed by atoms with Crippen molar-refractivity contribution in [1.29, 1.82) is 0 Å². The van der Waals surface area contributed by atoms with Crippen LogP contribution in [0.4, 0.5) is 0 Å². The van der Waals surface area contributed by atoms with Crippen LogP contribution in [0.1, 0.15) is 39.5 Å². The lowest BCUT2D eigenvalue weighted by atomic mass is 9.92. The fourth-order valence-corrected chi connectivity index (χ4v) is 3.92. The third-order valence-electron chi connectivity index (χ3n) is 3.43. The van der Waals surface area contributed by atoms with Crippen molar-refractivity contribution in [2.45, 2.75) is 45.6 Å². The third-order valence-corrected chi connectivity index (χ3v) is 5.15. The topological polar surface area (TPSA) is 63.2 Å². The Kier molecular flexibility index (Phi) is 5.59. The molecule has 1 aliphatic heterocycles. The summed E-state index contributed by atoms with van der Waals surface area (Å²) >= 11 is 0. The highest BCUT2D eigenvalue weighted by atomic mass is 32.2. The zero-order chi connectivity index (χ0) is 12.9. The number of hydrogen-bond donors (Lipinski definition) is 1. The second-order valence-corrected chi connectivity index (χ2v) is 7.06. The Balaban J connectivity index is 2.48. The molecule has 0 radical (unpaired) electrons. The molecule has 0 saturated carbocycles. The summed E-state index contributed by atoms with van der Waals surface area (Å²) in [5.41, 5.74) is 0. The SMILES string of the molecule is CCNC(CC1CCS(=O)(=O)CC1)C(=O)CC. The minimum atomic E-state index is -2.79. The molecule has 1 aliphatic rings. The molecular weight excluding hydrogens is 238 g/mol. The largest absolute Gasteiger partial charge is 0.308 e. The number of rotatable bonds is 6. The Morgan fingerprint density at radius 3 is 2.35 bits per heavy atom. The van der Waals surface area contributed by atoms with Gasteiger partial charge in [-0.1, -0.05) is 13.8 Å². The number of likely N-dealkylation sites (N-methyl/N-ethyl adjacent to an activating group) is 1. The fraction of sp³-hybridized carbons (Fsp3) is 0.917. The van der Waals surface area contributed by atoms with Gasteiger partial charge in [-0.05, 0) is 31.7 Å². The van der Waals surface area contributed by atoms with E-state index in [1.165, 1.54) is 0 Å². The van der Waals surface area contributed by atoms with Gasteiger partial charge in [0.2, 0.25) is 0 Å². The lowest BCUT2D eigenvalue weighted by Gasteiger charge is -2.26. The van der Waals surface area contributed by atoms with E-state index < -0.39 is 9.84 Å². The minimum Gasteiger partial charge on any atom is -0.308 e. The number of sulfone groups is 1. The van der Waals surface area contributed by atoms with Gasteiger partial charge < -0.3 is 5.32 Å². The van der Waals surface area contributed by atoms with Crippen LogP contribution in [0.3, 0.4) is 0 Å². The van der Waals surface area contributed by atoms with Crippen LogP contribution < -0.4 is 5.32 Å². The molecule has 1 unspecified atom stereocenters.